The third-order valence-electron chi connectivity index (χ3n) is 4.13. The van der Waals surface area contributed by atoms with Gasteiger partial charge in [-0.1, -0.05) is 12.1 Å². The van der Waals surface area contributed by atoms with Crippen LogP contribution in [0.1, 0.15) is 31.1 Å². The molecule has 3 rings (SSSR count). The van der Waals surface area contributed by atoms with E-state index in [1.807, 2.05) is 24.1 Å². The molecular formula is C15H22N6O2. The normalized spacial score (nSPS) is 17.4. The van der Waals surface area contributed by atoms with Gasteiger partial charge in [-0.25, -0.2) is 0 Å². The largest absolute Gasteiger partial charge is 0.340 e. The van der Waals surface area contributed by atoms with Crippen molar-refractivity contribution in [2.24, 2.45) is 0 Å². The molecule has 1 atom stereocenters. The third kappa shape index (κ3) is 3.58. The molecule has 1 aliphatic heterocycles. The third-order valence-corrected chi connectivity index (χ3v) is 4.13. The second-order valence-electron chi connectivity index (χ2n) is 5.74. The molecule has 0 aliphatic carbocycles. The molecule has 0 saturated carbocycles. The van der Waals surface area contributed by atoms with Crippen molar-refractivity contribution < 1.29 is 9.32 Å². The van der Waals surface area contributed by atoms with Crippen LogP contribution in [-0.2, 0) is 11.3 Å². The van der Waals surface area contributed by atoms with Gasteiger partial charge in [-0.2, -0.15) is 10.1 Å². The Balaban J connectivity index is 1.54. The van der Waals surface area contributed by atoms with E-state index < -0.39 is 0 Å². The molecule has 2 aromatic heterocycles. The highest BCUT2D eigenvalue weighted by atomic mass is 16.5. The van der Waals surface area contributed by atoms with Gasteiger partial charge in [0, 0.05) is 45.5 Å². The van der Waals surface area contributed by atoms with Gasteiger partial charge in [0.2, 0.25) is 11.8 Å². The summed E-state index contributed by atoms with van der Waals surface area (Å²) in [5.74, 6) is 1.43. The second kappa shape index (κ2) is 6.91. The summed E-state index contributed by atoms with van der Waals surface area (Å²) in [6.45, 7) is 7.52. The fraction of sp³-hybridized carbons (Fsp3) is 0.600. The van der Waals surface area contributed by atoms with Crippen molar-refractivity contribution in [3.8, 4) is 0 Å². The van der Waals surface area contributed by atoms with Crippen molar-refractivity contribution in [3.05, 3.63) is 30.2 Å². The maximum absolute atomic E-state index is 12.7. The topological polar surface area (TPSA) is 80.3 Å². The first-order valence-electron chi connectivity index (χ1n) is 7.97. The van der Waals surface area contributed by atoms with Crippen LogP contribution in [0.5, 0.6) is 0 Å². The standard InChI is InChI=1S/C15H22N6O2/c1-3-13(21-6-4-5-16-21)15(22)20-9-7-19(8-10-20)11-14-17-12(2)23-18-14/h4-6,13H,3,7-11H2,1-2H3/t13-/m1/s1. The quantitative estimate of drug-likeness (QED) is 0.814. The minimum absolute atomic E-state index is 0.145. The minimum atomic E-state index is -0.212. The van der Waals surface area contributed by atoms with Gasteiger partial charge < -0.3 is 9.42 Å². The van der Waals surface area contributed by atoms with Crippen molar-refractivity contribution in [2.75, 3.05) is 26.2 Å². The lowest BCUT2D eigenvalue weighted by atomic mass is 10.2. The van der Waals surface area contributed by atoms with Gasteiger partial charge >= 0.3 is 0 Å². The molecule has 0 bridgehead atoms. The van der Waals surface area contributed by atoms with Crippen LogP contribution < -0.4 is 0 Å². The molecule has 1 aliphatic rings. The van der Waals surface area contributed by atoms with E-state index in [9.17, 15) is 4.79 Å². The fourth-order valence-corrected chi connectivity index (χ4v) is 2.88. The second-order valence-corrected chi connectivity index (χ2v) is 5.74. The number of aromatic nitrogens is 4. The summed E-state index contributed by atoms with van der Waals surface area (Å²) < 4.78 is 6.74. The fourth-order valence-electron chi connectivity index (χ4n) is 2.88. The van der Waals surface area contributed by atoms with Crippen LogP contribution in [0.25, 0.3) is 0 Å². The van der Waals surface area contributed by atoms with E-state index in [-0.39, 0.29) is 11.9 Å². The van der Waals surface area contributed by atoms with Crippen molar-refractivity contribution in [2.45, 2.75) is 32.9 Å². The van der Waals surface area contributed by atoms with E-state index in [4.69, 9.17) is 4.52 Å². The van der Waals surface area contributed by atoms with Gasteiger partial charge in [0.25, 0.3) is 0 Å². The molecule has 0 unspecified atom stereocenters. The summed E-state index contributed by atoms with van der Waals surface area (Å²) in [4.78, 5) is 21.1. The summed E-state index contributed by atoms with van der Waals surface area (Å²) in [6, 6.07) is 1.64. The van der Waals surface area contributed by atoms with E-state index in [1.165, 1.54) is 0 Å². The van der Waals surface area contributed by atoms with E-state index in [2.05, 4.69) is 20.1 Å². The summed E-state index contributed by atoms with van der Waals surface area (Å²) in [6.07, 6.45) is 4.30. The van der Waals surface area contributed by atoms with Gasteiger partial charge in [0.15, 0.2) is 5.82 Å². The molecule has 8 nitrogen and oxygen atoms in total. The van der Waals surface area contributed by atoms with Crippen LogP contribution in [0.4, 0.5) is 0 Å². The maximum Gasteiger partial charge on any atom is 0.247 e. The first-order valence-corrected chi connectivity index (χ1v) is 7.97. The summed E-state index contributed by atoms with van der Waals surface area (Å²) >= 11 is 0. The van der Waals surface area contributed by atoms with Crippen molar-refractivity contribution in [3.63, 3.8) is 0 Å². The van der Waals surface area contributed by atoms with Crippen molar-refractivity contribution >= 4 is 5.91 Å². The number of amides is 1. The first-order chi connectivity index (χ1) is 11.2. The summed E-state index contributed by atoms with van der Waals surface area (Å²) in [5.41, 5.74) is 0. The monoisotopic (exact) mass is 318 g/mol. The Kier molecular flexibility index (Phi) is 4.71. The molecular weight excluding hydrogens is 296 g/mol. The lowest BCUT2D eigenvalue weighted by Crippen LogP contribution is -2.50. The molecule has 1 saturated heterocycles. The van der Waals surface area contributed by atoms with Gasteiger partial charge in [0.1, 0.15) is 6.04 Å². The van der Waals surface area contributed by atoms with Crippen LogP contribution in [-0.4, -0.2) is 61.8 Å². The molecule has 3 heterocycles. The molecule has 23 heavy (non-hydrogen) atoms. The lowest BCUT2D eigenvalue weighted by molar-refractivity contribution is -0.137. The Hall–Kier alpha value is -2.22. The highest BCUT2D eigenvalue weighted by molar-refractivity contribution is 5.80. The first kappa shape index (κ1) is 15.7. The zero-order valence-corrected chi connectivity index (χ0v) is 13.6. The average Bonchev–Trinajstić information content (AvgIpc) is 3.21. The Morgan fingerprint density at radius 1 is 1.35 bits per heavy atom. The maximum atomic E-state index is 12.7. The average molecular weight is 318 g/mol. The molecule has 0 radical (unpaired) electrons. The van der Waals surface area contributed by atoms with Crippen LogP contribution in [0, 0.1) is 6.92 Å². The van der Waals surface area contributed by atoms with Crippen molar-refractivity contribution in [1.82, 2.24) is 29.7 Å². The van der Waals surface area contributed by atoms with E-state index in [1.54, 1.807) is 17.8 Å². The zero-order valence-electron chi connectivity index (χ0n) is 13.6. The Bertz CT molecular complexity index is 630. The predicted octanol–water partition coefficient (Wildman–Crippen LogP) is 0.870. The molecule has 124 valence electrons. The van der Waals surface area contributed by atoms with Gasteiger partial charge in [-0.05, 0) is 12.5 Å². The number of hydrogen-bond donors (Lipinski definition) is 0. The highest BCUT2D eigenvalue weighted by Gasteiger charge is 2.28. The van der Waals surface area contributed by atoms with E-state index in [0.717, 1.165) is 19.5 Å². The Morgan fingerprint density at radius 3 is 2.70 bits per heavy atom. The molecule has 8 heteroatoms. The smallest absolute Gasteiger partial charge is 0.247 e. The number of aryl methyl sites for hydroxylation is 1. The number of nitrogens with zero attached hydrogens (tertiary/aromatic N) is 6. The highest BCUT2D eigenvalue weighted by Crippen LogP contribution is 2.16. The molecule has 0 spiro atoms. The van der Waals surface area contributed by atoms with E-state index in [0.29, 0.717) is 31.3 Å². The molecule has 1 amide bonds. The van der Waals surface area contributed by atoms with Crippen LogP contribution >= 0.6 is 0 Å². The SMILES string of the molecule is CC[C@H](C(=O)N1CCN(Cc2noc(C)n2)CC1)n1cccn1. The number of hydrogen-bond acceptors (Lipinski definition) is 6. The van der Waals surface area contributed by atoms with Crippen LogP contribution in [0.3, 0.4) is 0 Å². The Labute approximate surface area is 135 Å². The van der Waals surface area contributed by atoms with Crippen molar-refractivity contribution in [1.29, 1.82) is 0 Å². The van der Waals surface area contributed by atoms with E-state index >= 15 is 0 Å². The summed E-state index contributed by atoms with van der Waals surface area (Å²) in [5, 5.41) is 8.13. The number of rotatable bonds is 5. The molecule has 2 aromatic rings. The molecule has 0 aromatic carbocycles. The van der Waals surface area contributed by atoms with Gasteiger partial charge in [-0.3, -0.25) is 14.4 Å². The Morgan fingerprint density at radius 2 is 2.13 bits per heavy atom. The minimum Gasteiger partial charge on any atom is -0.340 e. The van der Waals surface area contributed by atoms with Gasteiger partial charge in [0.05, 0.1) is 6.54 Å². The van der Waals surface area contributed by atoms with Gasteiger partial charge in [-0.15, -0.1) is 0 Å². The van der Waals surface area contributed by atoms with Crippen LogP contribution in [0.15, 0.2) is 23.0 Å². The number of piperazine rings is 1. The number of carbonyl (C=O) groups excluding carboxylic acids is 1. The predicted molar refractivity (Wildman–Crippen MR) is 82.4 cm³/mol. The lowest BCUT2D eigenvalue weighted by Gasteiger charge is -2.35. The molecule has 0 N–H and O–H groups in total. The zero-order chi connectivity index (χ0) is 16.2. The van der Waals surface area contributed by atoms with Crippen LogP contribution in [0.2, 0.25) is 0 Å². The molecule has 1 fully saturated rings. The number of carbonyl (C=O) groups is 1. The summed E-state index contributed by atoms with van der Waals surface area (Å²) in [7, 11) is 0.